The molecule has 1 aromatic carbocycles. The maximum absolute atomic E-state index is 13.4. The third-order valence-electron chi connectivity index (χ3n) is 6.87. The summed E-state index contributed by atoms with van der Waals surface area (Å²) in [7, 11) is 1.54. The molecule has 2 aromatic heterocycles. The molecule has 4 rings (SSSR count). The van der Waals surface area contributed by atoms with Gasteiger partial charge in [-0.2, -0.15) is 0 Å². The minimum Gasteiger partial charge on any atom is -0.493 e. The summed E-state index contributed by atoms with van der Waals surface area (Å²) in [5.74, 6) is 1.55. The Kier molecular flexibility index (Phi) is 9.12. The maximum atomic E-state index is 13.4. The van der Waals surface area contributed by atoms with Crippen molar-refractivity contribution >= 4 is 34.4 Å². The number of aliphatic imine (C=N–C) groups is 1. The van der Waals surface area contributed by atoms with E-state index in [1.165, 1.54) is 12.0 Å². The van der Waals surface area contributed by atoms with Crippen LogP contribution in [0, 0.1) is 11.3 Å². The summed E-state index contributed by atoms with van der Waals surface area (Å²) in [6, 6.07) is 8.97. The van der Waals surface area contributed by atoms with E-state index in [1.54, 1.807) is 48.9 Å². The van der Waals surface area contributed by atoms with Crippen molar-refractivity contribution in [3.8, 4) is 11.5 Å². The highest BCUT2D eigenvalue weighted by Gasteiger charge is 2.33. The fourth-order valence-electron chi connectivity index (χ4n) is 4.66. The number of furan rings is 1. The van der Waals surface area contributed by atoms with Gasteiger partial charge < -0.3 is 23.9 Å². The van der Waals surface area contributed by atoms with Crippen LogP contribution in [0.2, 0.25) is 0 Å². The van der Waals surface area contributed by atoms with E-state index in [0.29, 0.717) is 46.9 Å². The van der Waals surface area contributed by atoms with Crippen molar-refractivity contribution in [1.82, 2.24) is 5.32 Å². The van der Waals surface area contributed by atoms with Gasteiger partial charge in [-0.1, -0.05) is 20.8 Å². The van der Waals surface area contributed by atoms with Gasteiger partial charge in [0.2, 0.25) is 0 Å². The van der Waals surface area contributed by atoms with Gasteiger partial charge in [0.05, 0.1) is 32.1 Å². The molecule has 1 atom stereocenters. The largest absolute Gasteiger partial charge is 0.493 e. The summed E-state index contributed by atoms with van der Waals surface area (Å²) in [6.07, 6.45) is 6.15. The maximum Gasteiger partial charge on any atom is 0.344 e. The number of thiophene rings is 1. The first-order valence-electron chi connectivity index (χ1n) is 13.1. The lowest BCUT2D eigenvalue weighted by Crippen LogP contribution is -2.28. The topological polar surface area (TPSA) is 99.4 Å². The van der Waals surface area contributed by atoms with Crippen LogP contribution in [0.25, 0.3) is 0 Å². The van der Waals surface area contributed by atoms with Crippen LogP contribution in [0.1, 0.15) is 66.2 Å². The minimum absolute atomic E-state index is 0.148. The summed E-state index contributed by atoms with van der Waals surface area (Å²) in [4.78, 5) is 31.1. The van der Waals surface area contributed by atoms with Crippen LogP contribution in [0.5, 0.6) is 11.5 Å². The Balaban J connectivity index is 1.59. The molecule has 8 nitrogen and oxygen atoms in total. The van der Waals surface area contributed by atoms with E-state index < -0.39 is 5.97 Å². The summed E-state index contributed by atoms with van der Waals surface area (Å²) >= 11 is 1.59. The Morgan fingerprint density at radius 1 is 1.23 bits per heavy atom. The molecule has 1 amide bonds. The molecular weight excluding hydrogens is 516 g/mol. The lowest BCUT2D eigenvalue weighted by atomic mass is 9.72. The monoisotopic (exact) mass is 552 g/mol. The van der Waals surface area contributed by atoms with Crippen LogP contribution in [0.4, 0.5) is 5.00 Å². The van der Waals surface area contributed by atoms with E-state index in [2.05, 4.69) is 26.1 Å². The van der Waals surface area contributed by atoms with Crippen molar-refractivity contribution in [1.29, 1.82) is 0 Å². The number of methoxy groups -OCH3 is 1. The van der Waals surface area contributed by atoms with Gasteiger partial charge in [0.1, 0.15) is 10.8 Å². The van der Waals surface area contributed by atoms with Crippen molar-refractivity contribution < 1.29 is 28.2 Å². The smallest absolute Gasteiger partial charge is 0.344 e. The van der Waals surface area contributed by atoms with E-state index >= 15 is 0 Å². The number of amides is 1. The molecule has 0 spiro atoms. The molecule has 0 saturated carbocycles. The normalized spacial score (nSPS) is 15.2. The number of fused-ring (bicyclic) bond motifs is 1. The molecule has 3 aromatic rings. The number of hydrogen-bond acceptors (Lipinski definition) is 8. The minimum atomic E-state index is -0.446. The Morgan fingerprint density at radius 3 is 2.74 bits per heavy atom. The van der Waals surface area contributed by atoms with Crippen molar-refractivity contribution in [2.45, 2.75) is 53.5 Å². The van der Waals surface area contributed by atoms with Crippen LogP contribution >= 0.6 is 11.3 Å². The molecule has 0 bridgehead atoms. The first-order valence-corrected chi connectivity index (χ1v) is 14.0. The second kappa shape index (κ2) is 12.5. The van der Waals surface area contributed by atoms with E-state index in [1.807, 2.05) is 12.1 Å². The van der Waals surface area contributed by atoms with Gasteiger partial charge in [0, 0.05) is 11.1 Å². The average Bonchev–Trinajstić information content (AvgIpc) is 3.56. The molecule has 0 aliphatic heterocycles. The Hall–Kier alpha value is -3.59. The van der Waals surface area contributed by atoms with Crippen molar-refractivity contribution in [3.63, 3.8) is 0 Å². The predicted molar refractivity (Wildman–Crippen MR) is 152 cm³/mol. The Bertz CT molecular complexity index is 1320. The number of rotatable bonds is 10. The molecule has 0 unspecified atom stereocenters. The van der Waals surface area contributed by atoms with Gasteiger partial charge in [-0.25, -0.2) is 9.79 Å². The molecule has 208 valence electrons. The zero-order valence-electron chi connectivity index (χ0n) is 23.2. The standard InChI is InChI=1S/C30H36N2O6S/c1-6-36-26(33)18-38-23-12-9-19(14-24(23)35-5)16-32-29-27(28(34)31-17-21-8-7-13-37-21)22-11-10-20(30(2,3)4)15-25(22)39-29/h7-9,12-14,16,20H,6,10-11,15,17-18H2,1-5H3,(H,31,34)/t20-/m1/s1. The molecular formula is C30H36N2O6S. The number of carbonyl (C=O) groups excluding carboxylic acids is 2. The number of nitrogens with zero attached hydrogens (tertiary/aromatic N) is 1. The lowest BCUT2D eigenvalue weighted by Gasteiger charge is -2.33. The van der Waals surface area contributed by atoms with E-state index in [-0.39, 0.29) is 17.9 Å². The molecule has 1 aliphatic rings. The number of carbonyl (C=O) groups is 2. The number of nitrogens with one attached hydrogen (secondary N) is 1. The number of esters is 1. The molecule has 2 heterocycles. The first-order chi connectivity index (χ1) is 18.7. The number of benzene rings is 1. The van der Waals surface area contributed by atoms with Gasteiger partial charge >= 0.3 is 5.97 Å². The molecule has 1 aliphatic carbocycles. The predicted octanol–water partition coefficient (Wildman–Crippen LogP) is 6.12. The number of hydrogen-bond donors (Lipinski definition) is 1. The second-order valence-corrected chi connectivity index (χ2v) is 11.6. The zero-order chi connectivity index (χ0) is 28.0. The SMILES string of the molecule is CCOC(=O)COc1ccc(C=Nc2sc3c(c2C(=O)NCc2ccco2)CC[C@@H](C(C)(C)C)C3)cc1OC. The highest BCUT2D eigenvalue weighted by atomic mass is 32.1. The fourth-order valence-corrected chi connectivity index (χ4v) is 5.93. The van der Waals surface area contributed by atoms with E-state index in [4.69, 9.17) is 23.6 Å². The summed E-state index contributed by atoms with van der Waals surface area (Å²) < 4.78 is 21.3. The quantitative estimate of drug-likeness (QED) is 0.240. The summed E-state index contributed by atoms with van der Waals surface area (Å²) in [6.45, 7) is 8.98. The van der Waals surface area contributed by atoms with Gasteiger partial charge in [0.25, 0.3) is 5.91 Å². The molecule has 0 fully saturated rings. The molecule has 9 heteroatoms. The van der Waals surface area contributed by atoms with Crippen LogP contribution in [0.3, 0.4) is 0 Å². The third-order valence-corrected chi connectivity index (χ3v) is 8.03. The summed E-state index contributed by atoms with van der Waals surface area (Å²) in [5, 5.41) is 3.69. The van der Waals surface area contributed by atoms with Crippen molar-refractivity contribution in [2.75, 3.05) is 20.3 Å². The fraction of sp³-hybridized carbons (Fsp3) is 0.433. The van der Waals surface area contributed by atoms with E-state index in [9.17, 15) is 9.59 Å². The number of ether oxygens (including phenoxy) is 3. The second-order valence-electron chi connectivity index (χ2n) is 10.5. The van der Waals surface area contributed by atoms with Crippen molar-refractivity contribution in [3.05, 3.63) is 63.9 Å². The van der Waals surface area contributed by atoms with Gasteiger partial charge in [-0.05, 0) is 79.0 Å². The average molecular weight is 553 g/mol. The van der Waals surface area contributed by atoms with E-state index in [0.717, 1.165) is 30.4 Å². The first kappa shape index (κ1) is 28.4. The van der Waals surface area contributed by atoms with Crippen molar-refractivity contribution in [2.24, 2.45) is 16.3 Å². The van der Waals surface area contributed by atoms with Crippen LogP contribution in [0.15, 0.2) is 46.0 Å². The van der Waals surface area contributed by atoms with Gasteiger partial charge in [-0.3, -0.25) is 4.79 Å². The zero-order valence-corrected chi connectivity index (χ0v) is 24.0. The third kappa shape index (κ3) is 7.09. The molecule has 0 radical (unpaired) electrons. The Labute approximate surface area is 233 Å². The molecule has 39 heavy (non-hydrogen) atoms. The summed E-state index contributed by atoms with van der Waals surface area (Å²) in [5.41, 5.74) is 2.72. The lowest BCUT2D eigenvalue weighted by molar-refractivity contribution is -0.145. The van der Waals surface area contributed by atoms with Gasteiger partial charge in [0.15, 0.2) is 18.1 Å². The molecule has 1 N–H and O–H groups in total. The van der Waals surface area contributed by atoms with Crippen LogP contribution < -0.4 is 14.8 Å². The Morgan fingerprint density at radius 2 is 2.05 bits per heavy atom. The van der Waals surface area contributed by atoms with Crippen LogP contribution in [-0.4, -0.2) is 38.4 Å². The van der Waals surface area contributed by atoms with Gasteiger partial charge in [-0.15, -0.1) is 11.3 Å². The van der Waals surface area contributed by atoms with Crippen LogP contribution in [-0.2, 0) is 28.9 Å². The highest BCUT2D eigenvalue weighted by Crippen LogP contribution is 2.45. The highest BCUT2D eigenvalue weighted by molar-refractivity contribution is 7.16. The molecule has 0 saturated heterocycles.